The van der Waals surface area contributed by atoms with Gasteiger partial charge in [0.25, 0.3) is 11.4 Å². The summed E-state index contributed by atoms with van der Waals surface area (Å²) in [5.41, 5.74) is -1.35. The molecule has 10 heteroatoms. The van der Waals surface area contributed by atoms with Crippen LogP contribution in [0.15, 0.2) is 18.2 Å². The van der Waals surface area contributed by atoms with Crippen molar-refractivity contribution in [3.05, 3.63) is 38.4 Å². The summed E-state index contributed by atoms with van der Waals surface area (Å²) in [6.07, 6.45) is -5.59. The third-order valence-electron chi connectivity index (χ3n) is 2.33. The Morgan fingerprint density at radius 3 is 2.30 bits per heavy atom. The molecule has 0 aliphatic rings. The number of nitrogens with one attached hydrogen (secondary N) is 1. The minimum Gasteiger partial charge on any atom is -0.377 e. The van der Waals surface area contributed by atoms with Gasteiger partial charge in [0.1, 0.15) is 5.69 Å². The van der Waals surface area contributed by atoms with Crippen LogP contribution >= 0.6 is 0 Å². The molecule has 1 aromatic rings. The van der Waals surface area contributed by atoms with Gasteiger partial charge in [0, 0.05) is 12.1 Å². The molecule has 0 aliphatic carbocycles. The molecule has 0 saturated carbocycles. The van der Waals surface area contributed by atoms with Crippen LogP contribution in [0, 0.1) is 20.2 Å². The number of hydrogen-bond acceptors (Lipinski definition) is 5. The highest BCUT2D eigenvalue weighted by Gasteiger charge is 2.31. The number of hydrogen-bond donors (Lipinski definition) is 1. The Balaban J connectivity index is 3.00. The zero-order valence-electron chi connectivity index (χ0n) is 10.2. The number of nitro benzene ring substituents is 2. The first kappa shape index (κ1) is 15.7. The molecular weight excluding hydrogens is 283 g/mol. The third kappa shape index (κ3) is 4.37. The minimum absolute atomic E-state index is 0.197. The van der Waals surface area contributed by atoms with Crippen molar-refractivity contribution < 1.29 is 23.0 Å². The van der Waals surface area contributed by atoms with E-state index in [1.807, 2.05) is 0 Å². The lowest BCUT2D eigenvalue weighted by Crippen LogP contribution is -2.24. The summed E-state index contributed by atoms with van der Waals surface area (Å²) in [6.45, 7) is 1.21. The molecule has 1 aromatic carbocycles. The minimum atomic E-state index is -4.41. The Hall–Kier alpha value is -2.39. The average Bonchev–Trinajstić information content (AvgIpc) is 2.25. The van der Waals surface area contributed by atoms with Crippen molar-refractivity contribution >= 4 is 17.1 Å². The molecule has 1 unspecified atom stereocenters. The van der Waals surface area contributed by atoms with E-state index in [-0.39, 0.29) is 5.69 Å². The van der Waals surface area contributed by atoms with Crippen LogP contribution in [0.25, 0.3) is 0 Å². The van der Waals surface area contributed by atoms with Crippen LogP contribution in [-0.4, -0.2) is 22.1 Å². The van der Waals surface area contributed by atoms with Crippen LogP contribution < -0.4 is 5.32 Å². The van der Waals surface area contributed by atoms with Crippen molar-refractivity contribution in [2.75, 3.05) is 5.32 Å². The van der Waals surface area contributed by atoms with E-state index >= 15 is 0 Å². The number of nitro groups is 2. The summed E-state index contributed by atoms with van der Waals surface area (Å²) in [7, 11) is 0. The van der Waals surface area contributed by atoms with E-state index in [1.165, 1.54) is 6.92 Å². The number of halogens is 3. The van der Waals surface area contributed by atoms with Gasteiger partial charge >= 0.3 is 6.18 Å². The van der Waals surface area contributed by atoms with Crippen LogP contribution in [0.1, 0.15) is 13.3 Å². The molecule has 7 nitrogen and oxygen atoms in total. The monoisotopic (exact) mass is 293 g/mol. The molecule has 0 heterocycles. The number of rotatable bonds is 5. The molecule has 1 N–H and O–H groups in total. The Kier molecular flexibility index (Phi) is 4.48. The van der Waals surface area contributed by atoms with Crippen LogP contribution in [0.4, 0.5) is 30.2 Å². The molecule has 0 aliphatic heterocycles. The van der Waals surface area contributed by atoms with Gasteiger partial charge in [0.15, 0.2) is 0 Å². The zero-order chi connectivity index (χ0) is 15.5. The second-order valence-corrected chi connectivity index (χ2v) is 4.08. The maximum absolute atomic E-state index is 12.2. The highest BCUT2D eigenvalue weighted by molar-refractivity contribution is 5.65. The first-order chi connectivity index (χ1) is 9.10. The number of alkyl halides is 3. The van der Waals surface area contributed by atoms with Gasteiger partial charge in [-0.1, -0.05) is 0 Å². The quantitative estimate of drug-likeness (QED) is 0.663. The topological polar surface area (TPSA) is 98.3 Å². The van der Waals surface area contributed by atoms with Crippen molar-refractivity contribution in [2.24, 2.45) is 0 Å². The Bertz CT molecular complexity index is 533. The largest absolute Gasteiger partial charge is 0.391 e. The van der Waals surface area contributed by atoms with Crippen LogP contribution in [0.2, 0.25) is 0 Å². The maximum Gasteiger partial charge on any atom is 0.391 e. The summed E-state index contributed by atoms with van der Waals surface area (Å²) in [4.78, 5) is 19.6. The first-order valence-electron chi connectivity index (χ1n) is 5.36. The average molecular weight is 293 g/mol. The number of non-ortho nitro benzene ring substituents is 1. The second-order valence-electron chi connectivity index (χ2n) is 4.08. The zero-order valence-corrected chi connectivity index (χ0v) is 10.2. The summed E-state index contributed by atoms with van der Waals surface area (Å²) in [6, 6.07) is 1.59. The van der Waals surface area contributed by atoms with Gasteiger partial charge in [-0.25, -0.2) is 0 Å². The predicted molar refractivity (Wildman–Crippen MR) is 63.5 cm³/mol. The molecule has 0 spiro atoms. The summed E-state index contributed by atoms with van der Waals surface area (Å²) in [5, 5.41) is 23.6. The molecule has 0 fully saturated rings. The molecule has 0 aromatic heterocycles. The number of benzene rings is 1. The molecule has 0 amide bonds. The highest BCUT2D eigenvalue weighted by atomic mass is 19.4. The van der Waals surface area contributed by atoms with Crippen molar-refractivity contribution in [1.29, 1.82) is 0 Å². The smallest absolute Gasteiger partial charge is 0.377 e. The Labute approximate surface area is 110 Å². The van der Waals surface area contributed by atoms with Gasteiger partial charge in [-0.2, -0.15) is 13.2 Å². The standard InChI is InChI=1S/C10H10F3N3O4/c1-6(5-10(11,12)13)14-8-3-2-7(15(17)18)4-9(8)16(19)20/h2-4,6,14H,5H2,1H3. The van der Waals surface area contributed by atoms with Crippen molar-refractivity contribution in [3.63, 3.8) is 0 Å². The second kappa shape index (κ2) is 5.72. The summed E-state index contributed by atoms with van der Waals surface area (Å²) < 4.78 is 36.5. The summed E-state index contributed by atoms with van der Waals surface area (Å²) >= 11 is 0. The Morgan fingerprint density at radius 2 is 1.85 bits per heavy atom. The van der Waals surface area contributed by atoms with Crippen LogP contribution in [0.5, 0.6) is 0 Å². The lowest BCUT2D eigenvalue weighted by Gasteiger charge is -2.16. The SMILES string of the molecule is CC(CC(F)(F)F)Nc1ccc([N+](=O)[O-])cc1[N+](=O)[O-]. The fourth-order valence-electron chi connectivity index (χ4n) is 1.57. The highest BCUT2D eigenvalue weighted by Crippen LogP contribution is 2.31. The van der Waals surface area contributed by atoms with Gasteiger partial charge in [-0.05, 0) is 13.0 Å². The number of nitrogens with zero attached hydrogens (tertiary/aromatic N) is 2. The normalized spacial score (nSPS) is 12.8. The van der Waals surface area contributed by atoms with Crippen molar-refractivity contribution in [3.8, 4) is 0 Å². The lowest BCUT2D eigenvalue weighted by atomic mass is 10.2. The van der Waals surface area contributed by atoms with E-state index < -0.39 is 39.9 Å². The van der Waals surface area contributed by atoms with Gasteiger partial charge < -0.3 is 5.32 Å². The number of anilines is 1. The predicted octanol–water partition coefficient (Wildman–Crippen LogP) is 3.26. The molecule has 0 radical (unpaired) electrons. The van der Waals surface area contributed by atoms with E-state index in [0.717, 1.165) is 12.1 Å². The van der Waals surface area contributed by atoms with E-state index in [4.69, 9.17) is 0 Å². The van der Waals surface area contributed by atoms with Gasteiger partial charge in [-0.15, -0.1) is 0 Å². The van der Waals surface area contributed by atoms with Crippen molar-refractivity contribution in [2.45, 2.75) is 25.6 Å². The molecule has 1 rings (SSSR count). The molecular formula is C10H10F3N3O4. The summed E-state index contributed by atoms with van der Waals surface area (Å²) in [5.74, 6) is 0. The first-order valence-corrected chi connectivity index (χ1v) is 5.36. The maximum atomic E-state index is 12.2. The van der Waals surface area contributed by atoms with E-state index in [2.05, 4.69) is 5.32 Å². The molecule has 0 saturated heterocycles. The third-order valence-corrected chi connectivity index (χ3v) is 2.33. The van der Waals surface area contributed by atoms with Crippen LogP contribution in [-0.2, 0) is 0 Å². The Morgan fingerprint density at radius 1 is 1.25 bits per heavy atom. The fourth-order valence-corrected chi connectivity index (χ4v) is 1.57. The van der Waals surface area contributed by atoms with Gasteiger partial charge in [0.2, 0.25) is 0 Å². The van der Waals surface area contributed by atoms with Crippen molar-refractivity contribution in [1.82, 2.24) is 0 Å². The van der Waals surface area contributed by atoms with Gasteiger partial charge in [-0.3, -0.25) is 20.2 Å². The van der Waals surface area contributed by atoms with Crippen LogP contribution in [0.3, 0.4) is 0 Å². The van der Waals surface area contributed by atoms with E-state index in [1.54, 1.807) is 0 Å². The molecule has 20 heavy (non-hydrogen) atoms. The fraction of sp³-hybridized carbons (Fsp3) is 0.400. The van der Waals surface area contributed by atoms with E-state index in [0.29, 0.717) is 6.07 Å². The lowest BCUT2D eigenvalue weighted by molar-refractivity contribution is -0.393. The molecule has 1 atom stereocenters. The van der Waals surface area contributed by atoms with Gasteiger partial charge in [0.05, 0.1) is 22.3 Å². The molecule has 110 valence electrons. The van der Waals surface area contributed by atoms with E-state index in [9.17, 15) is 33.4 Å². The molecule has 0 bridgehead atoms.